The molecule has 0 aromatic heterocycles. The van der Waals surface area contributed by atoms with Crippen LogP contribution in [0.2, 0.25) is 0 Å². The van der Waals surface area contributed by atoms with Crippen LogP contribution >= 0.6 is 0 Å². The van der Waals surface area contributed by atoms with Gasteiger partial charge in [-0.2, -0.15) is 0 Å². The highest BCUT2D eigenvalue weighted by Gasteiger charge is 2.32. The number of hydrogen-bond acceptors (Lipinski definition) is 4. The van der Waals surface area contributed by atoms with Crippen molar-refractivity contribution in [3.8, 4) is 0 Å². The van der Waals surface area contributed by atoms with Crippen LogP contribution in [0.1, 0.15) is 0 Å². The van der Waals surface area contributed by atoms with Crippen LogP contribution in [0.3, 0.4) is 0 Å². The Hall–Kier alpha value is -2.44. The second-order valence-corrected chi connectivity index (χ2v) is 4.10. The van der Waals surface area contributed by atoms with Crippen molar-refractivity contribution >= 4 is 23.5 Å². The number of benzene rings is 1. The molecule has 0 unspecified atom stereocenters. The quantitative estimate of drug-likeness (QED) is 0.784. The molecule has 1 aromatic carbocycles. The second kappa shape index (κ2) is 5.05. The average molecular weight is 266 g/mol. The zero-order valence-corrected chi connectivity index (χ0v) is 9.88. The summed E-state index contributed by atoms with van der Waals surface area (Å²) in [6, 6.07) is 5.38. The minimum Gasteiger partial charge on any atom is -0.480 e. The first-order valence-corrected chi connectivity index (χ1v) is 5.53. The van der Waals surface area contributed by atoms with Gasteiger partial charge in [0.25, 0.3) is 0 Å². The smallest absolute Gasteiger partial charge is 0.323 e. The van der Waals surface area contributed by atoms with Crippen LogP contribution in [0, 0.1) is 5.82 Å². The van der Waals surface area contributed by atoms with Crippen LogP contribution in [0.15, 0.2) is 24.3 Å². The number of carbonyl (C=O) groups excluding carboxylic acids is 2. The summed E-state index contributed by atoms with van der Waals surface area (Å²) in [5.74, 6) is -2.81. The number of halogens is 1. The molecule has 2 rings (SSSR count). The van der Waals surface area contributed by atoms with Crippen molar-refractivity contribution in [2.45, 2.75) is 0 Å². The zero-order valence-electron chi connectivity index (χ0n) is 9.88. The molecule has 1 fully saturated rings. The lowest BCUT2D eigenvalue weighted by Crippen LogP contribution is -2.55. The number of hydrogen-bond donors (Lipinski definition) is 1. The van der Waals surface area contributed by atoms with Gasteiger partial charge >= 0.3 is 5.97 Å². The summed E-state index contributed by atoms with van der Waals surface area (Å²) < 4.78 is 12.8. The number of rotatable bonds is 3. The first-order valence-electron chi connectivity index (χ1n) is 5.53. The summed E-state index contributed by atoms with van der Waals surface area (Å²) in [5.41, 5.74) is 0.540. The molecular weight excluding hydrogens is 255 g/mol. The van der Waals surface area contributed by atoms with Crippen molar-refractivity contribution in [1.82, 2.24) is 4.90 Å². The largest absolute Gasteiger partial charge is 0.480 e. The van der Waals surface area contributed by atoms with Gasteiger partial charge in [0.05, 0.1) is 13.1 Å². The van der Waals surface area contributed by atoms with Gasteiger partial charge in [-0.25, -0.2) is 4.39 Å². The SMILES string of the molecule is O=C(O)CN1C(=O)CN(c2ccc(F)cc2)CC1=O. The second-order valence-electron chi connectivity index (χ2n) is 4.10. The van der Waals surface area contributed by atoms with Gasteiger partial charge in [-0.1, -0.05) is 0 Å². The first kappa shape index (κ1) is 13.0. The third kappa shape index (κ3) is 2.87. The number of amides is 2. The van der Waals surface area contributed by atoms with Gasteiger partial charge in [0.1, 0.15) is 12.4 Å². The highest BCUT2D eigenvalue weighted by molar-refractivity contribution is 6.04. The van der Waals surface area contributed by atoms with Gasteiger partial charge in [0.2, 0.25) is 11.8 Å². The molecule has 19 heavy (non-hydrogen) atoms. The van der Waals surface area contributed by atoms with Gasteiger partial charge in [0.15, 0.2) is 0 Å². The molecule has 1 saturated heterocycles. The van der Waals surface area contributed by atoms with E-state index in [1.807, 2.05) is 0 Å². The van der Waals surface area contributed by atoms with E-state index >= 15 is 0 Å². The molecule has 0 atom stereocenters. The van der Waals surface area contributed by atoms with E-state index < -0.39 is 30.1 Å². The zero-order chi connectivity index (χ0) is 14.0. The third-order valence-electron chi connectivity index (χ3n) is 2.74. The van der Waals surface area contributed by atoms with Crippen molar-refractivity contribution in [1.29, 1.82) is 0 Å². The van der Waals surface area contributed by atoms with E-state index in [-0.39, 0.29) is 13.1 Å². The minimum atomic E-state index is -1.24. The normalized spacial score (nSPS) is 15.8. The van der Waals surface area contributed by atoms with Crippen molar-refractivity contribution < 1.29 is 23.9 Å². The number of piperazine rings is 1. The molecule has 1 heterocycles. The highest BCUT2D eigenvalue weighted by Crippen LogP contribution is 2.17. The number of carbonyl (C=O) groups is 3. The van der Waals surface area contributed by atoms with Crippen LogP contribution in [-0.4, -0.2) is 47.4 Å². The van der Waals surface area contributed by atoms with Gasteiger partial charge in [-0.15, -0.1) is 0 Å². The van der Waals surface area contributed by atoms with E-state index in [1.165, 1.54) is 29.2 Å². The summed E-state index contributed by atoms with van der Waals surface area (Å²) in [7, 11) is 0. The van der Waals surface area contributed by atoms with Crippen LogP contribution in [-0.2, 0) is 14.4 Å². The van der Waals surface area contributed by atoms with Crippen LogP contribution in [0.25, 0.3) is 0 Å². The molecule has 6 nitrogen and oxygen atoms in total. The minimum absolute atomic E-state index is 0.106. The number of aliphatic carboxylic acids is 1. The van der Waals surface area contributed by atoms with E-state index in [0.29, 0.717) is 10.6 Å². The Bertz CT molecular complexity index is 511. The number of carboxylic acids is 1. The number of nitrogens with zero attached hydrogens (tertiary/aromatic N) is 2. The number of imide groups is 1. The maximum Gasteiger partial charge on any atom is 0.323 e. The summed E-state index contributed by atoms with van der Waals surface area (Å²) in [6.07, 6.45) is 0. The van der Waals surface area contributed by atoms with Crippen LogP contribution < -0.4 is 4.90 Å². The Kier molecular flexibility index (Phi) is 3.46. The molecule has 0 spiro atoms. The first-order chi connectivity index (χ1) is 8.97. The molecule has 1 aliphatic rings. The molecule has 2 amide bonds. The van der Waals surface area contributed by atoms with Crippen molar-refractivity contribution in [2.24, 2.45) is 0 Å². The molecular formula is C12H11FN2O4. The molecule has 0 saturated carbocycles. The molecule has 1 aliphatic heterocycles. The highest BCUT2D eigenvalue weighted by atomic mass is 19.1. The van der Waals surface area contributed by atoms with E-state index in [4.69, 9.17) is 5.11 Å². The fourth-order valence-electron chi connectivity index (χ4n) is 1.84. The Morgan fingerprint density at radius 2 is 1.68 bits per heavy atom. The lowest BCUT2D eigenvalue weighted by Gasteiger charge is -2.33. The van der Waals surface area contributed by atoms with Crippen molar-refractivity contribution in [3.63, 3.8) is 0 Å². The van der Waals surface area contributed by atoms with Crippen LogP contribution in [0.5, 0.6) is 0 Å². The Labute approximate surface area is 108 Å². The predicted molar refractivity (Wildman–Crippen MR) is 63.0 cm³/mol. The summed E-state index contributed by atoms with van der Waals surface area (Å²) >= 11 is 0. The number of carboxylic acid groups (broad SMARTS) is 1. The van der Waals surface area contributed by atoms with Crippen molar-refractivity contribution in [2.75, 3.05) is 24.5 Å². The molecule has 100 valence electrons. The molecule has 7 heteroatoms. The predicted octanol–water partition coefficient (Wildman–Crippen LogP) is 0.0855. The Morgan fingerprint density at radius 3 is 2.16 bits per heavy atom. The fraction of sp³-hybridized carbons (Fsp3) is 0.250. The molecule has 0 radical (unpaired) electrons. The maximum atomic E-state index is 12.8. The van der Waals surface area contributed by atoms with E-state index in [9.17, 15) is 18.8 Å². The third-order valence-corrected chi connectivity index (χ3v) is 2.74. The lowest BCUT2D eigenvalue weighted by molar-refractivity contribution is -0.153. The summed E-state index contributed by atoms with van der Waals surface area (Å²) in [6.45, 7) is -0.843. The van der Waals surface area contributed by atoms with Gasteiger partial charge in [-0.05, 0) is 24.3 Å². The molecule has 0 aliphatic carbocycles. The van der Waals surface area contributed by atoms with E-state index in [2.05, 4.69) is 0 Å². The molecule has 1 aromatic rings. The van der Waals surface area contributed by atoms with E-state index in [0.717, 1.165) is 0 Å². The van der Waals surface area contributed by atoms with Crippen molar-refractivity contribution in [3.05, 3.63) is 30.1 Å². The lowest BCUT2D eigenvalue weighted by atomic mass is 10.2. The Morgan fingerprint density at radius 1 is 1.16 bits per heavy atom. The number of anilines is 1. The van der Waals surface area contributed by atoms with E-state index in [1.54, 1.807) is 0 Å². The summed E-state index contributed by atoms with van der Waals surface area (Å²) in [5, 5.41) is 8.61. The van der Waals surface area contributed by atoms with Crippen LogP contribution in [0.4, 0.5) is 10.1 Å². The maximum absolute atomic E-state index is 12.8. The molecule has 0 bridgehead atoms. The Balaban J connectivity index is 2.13. The van der Waals surface area contributed by atoms with Gasteiger partial charge in [0, 0.05) is 5.69 Å². The standard InChI is InChI=1S/C12H11FN2O4/c13-8-1-3-9(4-2-8)14-5-10(16)15(7-12(18)19)11(17)6-14/h1-4H,5-7H2,(H,18,19). The summed E-state index contributed by atoms with van der Waals surface area (Å²) in [4.78, 5) is 36.2. The average Bonchev–Trinajstić information content (AvgIpc) is 2.34. The molecule has 1 N–H and O–H groups in total. The monoisotopic (exact) mass is 266 g/mol. The fourth-order valence-corrected chi connectivity index (χ4v) is 1.84. The van der Waals surface area contributed by atoms with Gasteiger partial charge in [-0.3, -0.25) is 19.3 Å². The van der Waals surface area contributed by atoms with Gasteiger partial charge < -0.3 is 10.0 Å². The topological polar surface area (TPSA) is 77.9 Å².